The number of urea groups is 1. The van der Waals surface area contributed by atoms with E-state index in [2.05, 4.69) is 15.4 Å². The van der Waals surface area contributed by atoms with E-state index in [1.165, 1.54) is 13.2 Å². The summed E-state index contributed by atoms with van der Waals surface area (Å²) in [6.07, 6.45) is 2.58. The van der Waals surface area contributed by atoms with Crippen molar-refractivity contribution < 1.29 is 24.2 Å². The Labute approximate surface area is 121 Å². The van der Waals surface area contributed by atoms with Crippen molar-refractivity contribution in [2.75, 3.05) is 19.0 Å². The summed E-state index contributed by atoms with van der Waals surface area (Å²) in [5, 5.41) is 13.6. The number of carbonyl (C=O) groups excluding carboxylic acids is 2. The first-order valence-electron chi connectivity index (χ1n) is 6.14. The summed E-state index contributed by atoms with van der Waals surface area (Å²) in [5.74, 6) is -1.42. The molecular weight excluding hydrogens is 276 g/mol. The topological polar surface area (TPSA) is 105 Å². The molecule has 1 rings (SSSR count). The largest absolute Gasteiger partial charge is 0.478 e. The van der Waals surface area contributed by atoms with Crippen molar-refractivity contribution in [2.24, 2.45) is 0 Å². The van der Waals surface area contributed by atoms with Crippen LogP contribution in [0, 0.1) is 0 Å². The highest BCUT2D eigenvalue weighted by Gasteiger charge is 2.03. The first kappa shape index (κ1) is 16.2. The van der Waals surface area contributed by atoms with E-state index in [0.29, 0.717) is 11.3 Å². The van der Waals surface area contributed by atoms with Crippen LogP contribution in [0.4, 0.5) is 10.5 Å². The van der Waals surface area contributed by atoms with Crippen LogP contribution in [0.25, 0.3) is 6.08 Å². The van der Waals surface area contributed by atoms with Gasteiger partial charge in [-0.15, -0.1) is 0 Å². The Kier molecular flexibility index (Phi) is 6.46. The van der Waals surface area contributed by atoms with Gasteiger partial charge in [0.25, 0.3) is 0 Å². The van der Waals surface area contributed by atoms with Crippen molar-refractivity contribution in [3.63, 3.8) is 0 Å². The third kappa shape index (κ3) is 6.76. The van der Waals surface area contributed by atoms with Gasteiger partial charge in [0.15, 0.2) is 0 Å². The Morgan fingerprint density at radius 2 is 1.90 bits per heavy atom. The fourth-order valence-electron chi connectivity index (χ4n) is 1.40. The number of carboxylic acids is 1. The molecule has 0 aromatic heterocycles. The summed E-state index contributed by atoms with van der Waals surface area (Å²) in [5.41, 5.74) is 1.26. The number of hydrogen-bond donors (Lipinski definition) is 3. The molecule has 0 aliphatic carbocycles. The smallest absolute Gasteiger partial charge is 0.328 e. The minimum absolute atomic E-state index is 0.100. The molecule has 2 amide bonds. The van der Waals surface area contributed by atoms with E-state index < -0.39 is 18.0 Å². The highest BCUT2D eigenvalue weighted by atomic mass is 16.5. The molecule has 0 bridgehead atoms. The van der Waals surface area contributed by atoms with Gasteiger partial charge in [0, 0.05) is 18.3 Å². The summed E-state index contributed by atoms with van der Waals surface area (Å²) in [4.78, 5) is 32.7. The molecule has 7 nitrogen and oxygen atoms in total. The summed E-state index contributed by atoms with van der Waals surface area (Å²) < 4.78 is 4.44. The second kappa shape index (κ2) is 8.36. The molecule has 21 heavy (non-hydrogen) atoms. The number of anilines is 1. The second-order valence-corrected chi connectivity index (χ2v) is 4.00. The minimum atomic E-state index is -1.03. The Hall–Kier alpha value is -2.83. The zero-order chi connectivity index (χ0) is 15.7. The maximum atomic E-state index is 11.5. The second-order valence-electron chi connectivity index (χ2n) is 4.00. The Morgan fingerprint density at radius 1 is 1.24 bits per heavy atom. The average Bonchev–Trinajstić information content (AvgIpc) is 2.46. The van der Waals surface area contributed by atoms with E-state index in [0.717, 1.165) is 6.08 Å². The highest BCUT2D eigenvalue weighted by Crippen LogP contribution is 2.10. The van der Waals surface area contributed by atoms with Crippen LogP contribution in [0.3, 0.4) is 0 Å². The first-order chi connectivity index (χ1) is 10.0. The lowest BCUT2D eigenvalue weighted by atomic mass is 10.2. The number of benzene rings is 1. The maximum absolute atomic E-state index is 11.5. The third-order valence-electron chi connectivity index (χ3n) is 2.43. The molecule has 0 radical (unpaired) electrons. The van der Waals surface area contributed by atoms with E-state index in [-0.39, 0.29) is 13.0 Å². The minimum Gasteiger partial charge on any atom is -0.478 e. The van der Waals surface area contributed by atoms with Crippen LogP contribution in [-0.4, -0.2) is 36.7 Å². The molecule has 112 valence electrons. The van der Waals surface area contributed by atoms with Crippen LogP contribution in [-0.2, 0) is 14.3 Å². The SMILES string of the molecule is COC(=O)CCNC(=O)Nc1ccc(C=CC(=O)O)cc1. The molecule has 1 aromatic rings. The van der Waals surface area contributed by atoms with E-state index >= 15 is 0 Å². The number of carbonyl (C=O) groups is 3. The highest BCUT2D eigenvalue weighted by molar-refractivity contribution is 5.90. The number of carboxylic acid groups (broad SMARTS) is 1. The van der Waals surface area contributed by atoms with E-state index in [1.807, 2.05) is 0 Å². The molecular formula is C14H16N2O5. The van der Waals surface area contributed by atoms with E-state index in [9.17, 15) is 14.4 Å². The number of nitrogens with one attached hydrogen (secondary N) is 2. The zero-order valence-corrected chi connectivity index (χ0v) is 11.5. The van der Waals surface area contributed by atoms with Gasteiger partial charge in [0.05, 0.1) is 13.5 Å². The number of hydrogen-bond acceptors (Lipinski definition) is 4. The molecule has 1 aromatic carbocycles. The number of aliphatic carboxylic acids is 1. The van der Waals surface area contributed by atoms with Gasteiger partial charge < -0.3 is 20.5 Å². The Bertz CT molecular complexity index is 537. The molecule has 0 aliphatic heterocycles. The molecule has 0 saturated heterocycles. The number of ether oxygens (including phenoxy) is 1. The fourth-order valence-corrected chi connectivity index (χ4v) is 1.40. The van der Waals surface area contributed by atoms with Gasteiger partial charge >= 0.3 is 18.0 Å². The number of amides is 2. The lowest BCUT2D eigenvalue weighted by Crippen LogP contribution is -2.30. The summed E-state index contributed by atoms with van der Waals surface area (Å²) in [6.45, 7) is 0.179. The monoisotopic (exact) mass is 292 g/mol. The summed E-state index contributed by atoms with van der Waals surface area (Å²) >= 11 is 0. The zero-order valence-electron chi connectivity index (χ0n) is 11.5. The predicted octanol–water partition coefficient (Wildman–Crippen LogP) is 1.47. The van der Waals surface area contributed by atoms with Crippen LogP contribution in [0.1, 0.15) is 12.0 Å². The van der Waals surface area contributed by atoms with Gasteiger partial charge in [-0.2, -0.15) is 0 Å². The molecule has 0 atom stereocenters. The molecule has 0 heterocycles. The lowest BCUT2D eigenvalue weighted by molar-refractivity contribution is -0.140. The van der Waals surface area contributed by atoms with Gasteiger partial charge in [-0.3, -0.25) is 4.79 Å². The van der Waals surface area contributed by atoms with Crippen molar-refractivity contribution in [1.82, 2.24) is 5.32 Å². The molecule has 7 heteroatoms. The molecule has 0 spiro atoms. The maximum Gasteiger partial charge on any atom is 0.328 e. The first-order valence-corrected chi connectivity index (χ1v) is 6.14. The quantitative estimate of drug-likeness (QED) is 0.544. The van der Waals surface area contributed by atoms with Crippen LogP contribution < -0.4 is 10.6 Å². The van der Waals surface area contributed by atoms with Crippen LogP contribution in [0.15, 0.2) is 30.3 Å². The van der Waals surface area contributed by atoms with Gasteiger partial charge in [0.1, 0.15) is 0 Å². The fraction of sp³-hybridized carbons (Fsp3) is 0.214. The van der Waals surface area contributed by atoms with Crippen molar-refractivity contribution in [3.05, 3.63) is 35.9 Å². The third-order valence-corrected chi connectivity index (χ3v) is 2.43. The van der Waals surface area contributed by atoms with Gasteiger partial charge in [-0.25, -0.2) is 9.59 Å². The van der Waals surface area contributed by atoms with Crippen LogP contribution >= 0.6 is 0 Å². The van der Waals surface area contributed by atoms with Crippen molar-refractivity contribution >= 4 is 29.7 Å². The number of esters is 1. The average molecular weight is 292 g/mol. The van der Waals surface area contributed by atoms with Crippen molar-refractivity contribution in [1.29, 1.82) is 0 Å². The lowest BCUT2D eigenvalue weighted by Gasteiger charge is -2.07. The Morgan fingerprint density at radius 3 is 2.48 bits per heavy atom. The van der Waals surface area contributed by atoms with Crippen LogP contribution in [0.5, 0.6) is 0 Å². The molecule has 3 N–H and O–H groups in total. The van der Waals surface area contributed by atoms with Gasteiger partial charge in [-0.1, -0.05) is 12.1 Å². The standard InChI is InChI=1S/C14H16N2O5/c1-21-13(19)8-9-15-14(20)16-11-5-2-10(3-6-11)4-7-12(17)18/h2-7H,8-9H2,1H3,(H,17,18)(H2,15,16,20). The Balaban J connectivity index is 2.42. The van der Waals surface area contributed by atoms with Crippen LogP contribution in [0.2, 0.25) is 0 Å². The predicted molar refractivity (Wildman–Crippen MR) is 76.8 cm³/mol. The van der Waals surface area contributed by atoms with Gasteiger partial charge in [-0.05, 0) is 23.8 Å². The molecule has 0 saturated carbocycles. The molecule has 0 unspecified atom stereocenters. The summed E-state index contributed by atoms with van der Waals surface area (Å²) in [7, 11) is 1.28. The van der Waals surface area contributed by atoms with Gasteiger partial charge in [0.2, 0.25) is 0 Å². The number of methoxy groups -OCH3 is 1. The van der Waals surface area contributed by atoms with Crippen molar-refractivity contribution in [2.45, 2.75) is 6.42 Å². The van der Waals surface area contributed by atoms with E-state index in [4.69, 9.17) is 5.11 Å². The molecule has 0 aliphatic rings. The number of rotatable bonds is 6. The summed E-state index contributed by atoms with van der Waals surface area (Å²) in [6, 6.07) is 6.18. The van der Waals surface area contributed by atoms with Crippen molar-refractivity contribution in [3.8, 4) is 0 Å². The normalized spacial score (nSPS) is 10.1. The molecule has 0 fully saturated rings. The van der Waals surface area contributed by atoms with E-state index in [1.54, 1.807) is 24.3 Å².